The van der Waals surface area contributed by atoms with Gasteiger partial charge in [0.05, 0.1) is 10.4 Å². The van der Waals surface area contributed by atoms with Crippen LogP contribution in [0.2, 0.25) is 0 Å². The van der Waals surface area contributed by atoms with Gasteiger partial charge >= 0.3 is 6.18 Å². The zero-order valence-corrected chi connectivity index (χ0v) is 17.0. The van der Waals surface area contributed by atoms with Gasteiger partial charge in [0.1, 0.15) is 5.82 Å². The first-order valence-corrected chi connectivity index (χ1v) is 10.3. The van der Waals surface area contributed by atoms with E-state index in [2.05, 4.69) is 21.4 Å². The highest BCUT2D eigenvalue weighted by Crippen LogP contribution is 2.32. The summed E-state index contributed by atoms with van der Waals surface area (Å²) in [6.45, 7) is 0.302. The monoisotopic (exact) mass is 446 g/mol. The van der Waals surface area contributed by atoms with Crippen molar-refractivity contribution in [3.8, 4) is 10.4 Å². The van der Waals surface area contributed by atoms with Crippen molar-refractivity contribution in [1.29, 1.82) is 0 Å². The van der Waals surface area contributed by atoms with Crippen molar-refractivity contribution in [1.82, 2.24) is 9.97 Å². The highest BCUT2D eigenvalue weighted by molar-refractivity contribution is 7.18. The molecule has 0 spiro atoms. The molecule has 1 atom stereocenters. The molecule has 2 aromatic carbocycles. The van der Waals surface area contributed by atoms with Crippen LogP contribution in [-0.2, 0) is 12.6 Å². The lowest BCUT2D eigenvalue weighted by Gasteiger charge is -2.14. The van der Waals surface area contributed by atoms with Gasteiger partial charge in [-0.25, -0.2) is 9.37 Å². The number of anilines is 1. The Bertz CT molecular complexity index is 1210. The number of hydrogen-bond acceptors (Lipinski definition) is 5. The SMILES string of the molecule is NC(CNc1ncc(-c2ccc3cnccc3c2)s1)Cc1ccc(C(F)(F)F)cc1F. The maximum Gasteiger partial charge on any atom is 0.416 e. The minimum absolute atomic E-state index is 0.105. The van der Waals surface area contributed by atoms with Crippen LogP contribution in [0.1, 0.15) is 11.1 Å². The molecule has 4 rings (SSSR count). The molecule has 4 aromatic rings. The van der Waals surface area contributed by atoms with E-state index in [1.54, 1.807) is 18.6 Å². The summed E-state index contributed by atoms with van der Waals surface area (Å²) in [6.07, 6.45) is 0.837. The van der Waals surface area contributed by atoms with Crippen LogP contribution >= 0.6 is 11.3 Å². The minimum Gasteiger partial charge on any atom is -0.360 e. The van der Waals surface area contributed by atoms with Crippen molar-refractivity contribution in [3.63, 3.8) is 0 Å². The Morgan fingerprint density at radius 1 is 1.03 bits per heavy atom. The fourth-order valence-corrected chi connectivity index (χ4v) is 4.01. The lowest BCUT2D eigenvalue weighted by molar-refractivity contribution is -0.137. The largest absolute Gasteiger partial charge is 0.416 e. The van der Waals surface area contributed by atoms with Gasteiger partial charge in [-0.15, -0.1) is 0 Å². The van der Waals surface area contributed by atoms with Gasteiger partial charge in [-0.2, -0.15) is 13.2 Å². The average Bonchev–Trinajstić information content (AvgIpc) is 3.22. The Balaban J connectivity index is 1.38. The number of nitrogens with two attached hydrogens (primary N) is 1. The first kappa shape index (κ1) is 21.2. The van der Waals surface area contributed by atoms with Gasteiger partial charge in [-0.1, -0.05) is 29.5 Å². The third-order valence-corrected chi connectivity index (χ3v) is 5.81. The number of thiazole rings is 1. The number of hydrogen-bond donors (Lipinski definition) is 2. The number of rotatable bonds is 6. The number of fused-ring (bicyclic) bond motifs is 1. The second-order valence-corrected chi connectivity index (χ2v) is 8.15. The Morgan fingerprint density at radius 3 is 2.65 bits per heavy atom. The van der Waals surface area contributed by atoms with Crippen molar-refractivity contribution < 1.29 is 17.6 Å². The molecule has 0 bridgehead atoms. The predicted octanol–water partition coefficient (Wildman–Crippen LogP) is 5.50. The van der Waals surface area contributed by atoms with E-state index in [1.807, 2.05) is 18.2 Å². The van der Waals surface area contributed by atoms with E-state index in [-0.39, 0.29) is 12.0 Å². The zero-order valence-electron chi connectivity index (χ0n) is 16.2. The summed E-state index contributed by atoms with van der Waals surface area (Å²) < 4.78 is 52.0. The highest BCUT2D eigenvalue weighted by atomic mass is 32.1. The summed E-state index contributed by atoms with van der Waals surface area (Å²) in [6, 6.07) is 10.0. The number of benzene rings is 2. The molecule has 2 heterocycles. The van der Waals surface area contributed by atoms with Crippen LogP contribution in [0, 0.1) is 5.82 Å². The molecule has 9 heteroatoms. The minimum atomic E-state index is -4.58. The van der Waals surface area contributed by atoms with Crippen LogP contribution in [0.5, 0.6) is 0 Å². The van der Waals surface area contributed by atoms with Crippen molar-refractivity contribution in [3.05, 3.63) is 78.0 Å². The smallest absolute Gasteiger partial charge is 0.360 e. The zero-order chi connectivity index (χ0) is 22.0. The van der Waals surface area contributed by atoms with Crippen LogP contribution in [0.15, 0.2) is 61.1 Å². The van der Waals surface area contributed by atoms with Gasteiger partial charge in [0.15, 0.2) is 5.13 Å². The quantitative estimate of drug-likeness (QED) is 0.384. The van der Waals surface area contributed by atoms with E-state index in [9.17, 15) is 17.6 Å². The van der Waals surface area contributed by atoms with E-state index >= 15 is 0 Å². The predicted molar refractivity (Wildman–Crippen MR) is 114 cm³/mol. The number of nitrogens with one attached hydrogen (secondary N) is 1. The van der Waals surface area contributed by atoms with Gasteiger partial charge in [-0.3, -0.25) is 4.98 Å². The van der Waals surface area contributed by atoms with Crippen LogP contribution in [0.3, 0.4) is 0 Å². The Kier molecular flexibility index (Phi) is 5.88. The molecule has 0 amide bonds. The molecule has 3 N–H and O–H groups in total. The first-order chi connectivity index (χ1) is 14.8. The van der Waals surface area contributed by atoms with Gasteiger partial charge in [0.2, 0.25) is 0 Å². The molecule has 0 saturated carbocycles. The van der Waals surface area contributed by atoms with Crippen LogP contribution in [0.25, 0.3) is 21.2 Å². The Labute approximate surface area is 179 Å². The first-order valence-electron chi connectivity index (χ1n) is 9.44. The number of aromatic nitrogens is 2. The molecule has 1 unspecified atom stereocenters. The summed E-state index contributed by atoms with van der Waals surface area (Å²) >= 11 is 1.46. The maximum atomic E-state index is 14.0. The third kappa shape index (κ3) is 5.00. The van der Waals surface area contributed by atoms with E-state index in [0.717, 1.165) is 33.3 Å². The van der Waals surface area contributed by atoms with Crippen LogP contribution < -0.4 is 11.1 Å². The molecular formula is C22H18F4N4S. The third-order valence-electron chi connectivity index (χ3n) is 4.81. The summed E-state index contributed by atoms with van der Waals surface area (Å²) in [4.78, 5) is 9.43. The second-order valence-electron chi connectivity index (χ2n) is 7.12. The fourth-order valence-electron chi connectivity index (χ4n) is 3.19. The van der Waals surface area contributed by atoms with Gasteiger partial charge in [0.25, 0.3) is 0 Å². The number of alkyl halides is 3. The molecule has 0 aliphatic rings. The molecule has 31 heavy (non-hydrogen) atoms. The average molecular weight is 446 g/mol. The fraction of sp³-hybridized carbons (Fsp3) is 0.182. The number of nitrogens with zero attached hydrogens (tertiary/aromatic N) is 2. The Morgan fingerprint density at radius 2 is 1.87 bits per heavy atom. The van der Waals surface area contributed by atoms with Gasteiger partial charge < -0.3 is 11.1 Å². The Hall–Kier alpha value is -3.04. The number of pyridine rings is 1. The van der Waals surface area contributed by atoms with Crippen molar-refractivity contribution >= 4 is 27.2 Å². The molecular weight excluding hydrogens is 428 g/mol. The summed E-state index contributed by atoms with van der Waals surface area (Å²) in [5.41, 5.74) is 6.21. The lowest BCUT2D eigenvalue weighted by Crippen LogP contribution is -2.31. The van der Waals surface area contributed by atoms with E-state index in [0.29, 0.717) is 17.7 Å². The summed E-state index contributed by atoms with van der Waals surface area (Å²) in [7, 11) is 0. The molecule has 2 aromatic heterocycles. The van der Waals surface area contributed by atoms with Gasteiger partial charge in [0, 0.05) is 36.6 Å². The summed E-state index contributed by atoms with van der Waals surface area (Å²) in [5.74, 6) is -0.909. The number of halogens is 4. The molecule has 160 valence electrons. The van der Waals surface area contributed by atoms with Crippen LogP contribution in [-0.4, -0.2) is 22.6 Å². The topological polar surface area (TPSA) is 63.8 Å². The van der Waals surface area contributed by atoms with Crippen molar-refractivity contribution in [2.75, 3.05) is 11.9 Å². The van der Waals surface area contributed by atoms with Crippen molar-refractivity contribution in [2.24, 2.45) is 5.73 Å². The maximum absolute atomic E-state index is 14.0. The van der Waals surface area contributed by atoms with E-state index in [1.165, 1.54) is 11.3 Å². The molecule has 0 aliphatic heterocycles. The van der Waals surface area contributed by atoms with E-state index in [4.69, 9.17) is 5.73 Å². The molecule has 0 fully saturated rings. The van der Waals surface area contributed by atoms with Crippen LogP contribution in [0.4, 0.5) is 22.7 Å². The van der Waals surface area contributed by atoms with Crippen molar-refractivity contribution in [2.45, 2.75) is 18.6 Å². The highest BCUT2D eigenvalue weighted by Gasteiger charge is 2.31. The molecule has 0 aliphatic carbocycles. The lowest BCUT2D eigenvalue weighted by atomic mass is 10.0. The molecule has 0 radical (unpaired) electrons. The second kappa shape index (κ2) is 8.60. The standard InChI is InChI=1S/C22H18F4N4S/c23-19-9-17(22(24,25)26)4-3-14(19)8-18(27)11-29-21-30-12-20(31-21)15-1-2-16-10-28-6-5-13(16)7-15/h1-7,9-10,12,18H,8,11,27H2,(H,29,30). The van der Waals surface area contributed by atoms with Gasteiger partial charge in [-0.05, 0) is 47.2 Å². The summed E-state index contributed by atoms with van der Waals surface area (Å²) in [5, 5.41) is 5.91. The molecule has 4 nitrogen and oxygen atoms in total. The normalized spacial score (nSPS) is 12.8. The van der Waals surface area contributed by atoms with E-state index < -0.39 is 23.6 Å². The molecule has 0 saturated heterocycles.